The van der Waals surface area contributed by atoms with Gasteiger partial charge in [0.05, 0.1) is 18.2 Å². The van der Waals surface area contributed by atoms with Crippen LogP contribution in [0.4, 0.5) is 4.39 Å². The minimum atomic E-state index is -0.557. The lowest BCUT2D eigenvalue weighted by atomic mass is 10.1. The second-order valence-corrected chi connectivity index (χ2v) is 7.05. The third kappa shape index (κ3) is 3.46. The Labute approximate surface area is 182 Å². The highest BCUT2D eigenvalue weighted by Gasteiger charge is 2.11. The van der Waals surface area contributed by atoms with Crippen LogP contribution in [0.5, 0.6) is 11.5 Å². The van der Waals surface area contributed by atoms with Gasteiger partial charge in [-0.05, 0) is 53.6 Å². The number of nitrogens with zero attached hydrogens (tertiary/aromatic N) is 5. The lowest BCUT2D eigenvalue weighted by Gasteiger charge is -2.09. The van der Waals surface area contributed by atoms with Crippen molar-refractivity contribution in [2.75, 3.05) is 7.11 Å². The standard InChI is InChI=1S/C24H16FN5O2/c1-31-18-5-6-19-21(11-18)27-9-8-22(19)32-14-24-29-28-23-7-4-17(13-30(23)24)15-2-3-16(12-26)20(25)10-15/h2-11,13H,14H2,1H3. The topological polar surface area (TPSA) is 85.3 Å². The van der Waals surface area contributed by atoms with E-state index in [9.17, 15) is 4.39 Å². The molecule has 0 spiro atoms. The number of halogens is 1. The van der Waals surface area contributed by atoms with E-state index in [1.165, 1.54) is 12.1 Å². The Morgan fingerprint density at radius 2 is 1.91 bits per heavy atom. The molecule has 0 radical (unpaired) electrons. The zero-order valence-electron chi connectivity index (χ0n) is 17.0. The predicted molar refractivity (Wildman–Crippen MR) is 116 cm³/mol. The van der Waals surface area contributed by atoms with E-state index in [-0.39, 0.29) is 12.2 Å². The van der Waals surface area contributed by atoms with Gasteiger partial charge in [0.2, 0.25) is 0 Å². The average Bonchev–Trinajstić information content (AvgIpc) is 3.24. The van der Waals surface area contributed by atoms with Crippen LogP contribution in [0.3, 0.4) is 0 Å². The van der Waals surface area contributed by atoms with Gasteiger partial charge >= 0.3 is 0 Å². The molecule has 156 valence electrons. The van der Waals surface area contributed by atoms with E-state index in [4.69, 9.17) is 14.7 Å². The van der Waals surface area contributed by atoms with Crippen molar-refractivity contribution < 1.29 is 13.9 Å². The first-order chi connectivity index (χ1) is 15.7. The van der Waals surface area contributed by atoms with E-state index < -0.39 is 5.82 Å². The van der Waals surface area contributed by atoms with Gasteiger partial charge in [0.25, 0.3) is 0 Å². The summed E-state index contributed by atoms with van der Waals surface area (Å²) in [7, 11) is 1.61. The van der Waals surface area contributed by atoms with Gasteiger partial charge in [-0.2, -0.15) is 5.26 Å². The summed E-state index contributed by atoms with van der Waals surface area (Å²) < 4.78 is 27.2. The molecule has 0 saturated heterocycles. The first-order valence-corrected chi connectivity index (χ1v) is 9.75. The number of fused-ring (bicyclic) bond motifs is 2. The molecular weight excluding hydrogens is 409 g/mol. The number of pyridine rings is 2. The summed E-state index contributed by atoms with van der Waals surface area (Å²) in [6, 6.07) is 17.4. The number of hydrogen-bond donors (Lipinski definition) is 0. The van der Waals surface area contributed by atoms with Crippen LogP contribution >= 0.6 is 0 Å². The van der Waals surface area contributed by atoms with Gasteiger partial charge < -0.3 is 9.47 Å². The summed E-state index contributed by atoms with van der Waals surface area (Å²) in [5.74, 6) is 1.42. The largest absolute Gasteiger partial charge is 0.497 e. The molecule has 0 amide bonds. The number of nitriles is 1. The second kappa shape index (κ2) is 7.96. The number of hydrogen-bond acceptors (Lipinski definition) is 6. The van der Waals surface area contributed by atoms with Crippen LogP contribution in [0.15, 0.2) is 67.0 Å². The van der Waals surface area contributed by atoms with Crippen molar-refractivity contribution in [3.8, 4) is 28.7 Å². The molecule has 2 aromatic carbocycles. The van der Waals surface area contributed by atoms with E-state index in [0.717, 1.165) is 22.2 Å². The second-order valence-electron chi connectivity index (χ2n) is 7.05. The minimum Gasteiger partial charge on any atom is -0.497 e. The van der Waals surface area contributed by atoms with Crippen molar-refractivity contribution in [2.45, 2.75) is 6.61 Å². The highest BCUT2D eigenvalue weighted by atomic mass is 19.1. The first kappa shape index (κ1) is 19.5. The molecule has 5 aromatic rings. The van der Waals surface area contributed by atoms with Crippen LogP contribution in [0, 0.1) is 17.1 Å². The molecule has 3 heterocycles. The summed E-state index contributed by atoms with van der Waals surface area (Å²) >= 11 is 0. The van der Waals surface area contributed by atoms with Gasteiger partial charge in [-0.15, -0.1) is 10.2 Å². The number of benzene rings is 2. The van der Waals surface area contributed by atoms with Gasteiger partial charge in [0.1, 0.15) is 30.0 Å². The van der Waals surface area contributed by atoms with Crippen molar-refractivity contribution in [1.29, 1.82) is 5.26 Å². The fraction of sp³-hybridized carbons (Fsp3) is 0.0833. The average molecular weight is 425 g/mol. The zero-order chi connectivity index (χ0) is 22.1. The summed E-state index contributed by atoms with van der Waals surface area (Å²) in [5, 5.41) is 18.2. The molecule has 3 aromatic heterocycles. The summed E-state index contributed by atoms with van der Waals surface area (Å²) in [5.41, 5.74) is 2.83. The van der Waals surface area contributed by atoms with Crippen LogP contribution in [0.1, 0.15) is 11.4 Å². The van der Waals surface area contributed by atoms with Gasteiger partial charge in [-0.1, -0.05) is 6.07 Å². The molecule has 7 nitrogen and oxygen atoms in total. The molecule has 0 atom stereocenters. The van der Waals surface area contributed by atoms with Crippen molar-refractivity contribution in [1.82, 2.24) is 19.6 Å². The van der Waals surface area contributed by atoms with Crippen molar-refractivity contribution >= 4 is 16.6 Å². The van der Waals surface area contributed by atoms with E-state index in [1.54, 1.807) is 35.9 Å². The first-order valence-electron chi connectivity index (χ1n) is 9.75. The molecule has 0 aliphatic rings. The number of rotatable bonds is 5. The van der Waals surface area contributed by atoms with E-state index in [1.807, 2.05) is 36.5 Å². The lowest BCUT2D eigenvalue weighted by molar-refractivity contribution is 0.298. The Kier molecular flexibility index (Phi) is 4.84. The van der Waals surface area contributed by atoms with E-state index in [2.05, 4.69) is 15.2 Å². The third-order valence-electron chi connectivity index (χ3n) is 5.16. The Morgan fingerprint density at radius 3 is 2.72 bits per heavy atom. The fourth-order valence-electron chi connectivity index (χ4n) is 3.49. The highest BCUT2D eigenvalue weighted by Crippen LogP contribution is 2.28. The molecule has 0 unspecified atom stereocenters. The maximum absolute atomic E-state index is 14.1. The van der Waals surface area contributed by atoms with Gasteiger partial charge in [-0.3, -0.25) is 9.38 Å². The maximum atomic E-state index is 14.1. The van der Waals surface area contributed by atoms with Crippen molar-refractivity contribution in [3.05, 3.63) is 84.2 Å². The molecule has 0 fully saturated rings. The summed E-state index contributed by atoms with van der Waals surface area (Å²) in [6.07, 6.45) is 3.50. The molecule has 0 saturated carbocycles. The number of ether oxygens (including phenoxy) is 2. The normalized spacial score (nSPS) is 10.9. The monoisotopic (exact) mass is 425 g/mol. The van der Waals surface area contributed by atoms with Gasteiger partial charge in [0, 0.05) is 23.8 Å². The molecule has 8 heteroatoms. The SMILES string of the molecule is COc1ccc2c(OCc3nnc4ccc(-c5ccc(C#N)c(F)c5)cn34)ccnc2c1. The number of aromatic nitrogens is 4. The molecule has 32 heavy (non-hydrogen) atoms. The van der Waals surface area contributed by atoms with E-state index in [0.29, 0.717) is 22.8 Å². The quantitative estimate of drug-likeness (QED) is 0.411. The molecule has 0 N–H and O–H groups in total. The van der Waals surface area contributed by atoms with Gasteiger partial charge in [0.15, 0.2) is 11.5 Å². The smallest absolute Gasteiger partial charge is 0.175 e. The van der Waals surface area contributed by atoms with Crippen LogP contribution in [-0.2, 0) is 6.61 Å². The zero-order valence-corrected chi connectivity index (χ0v) is 17.0. The molecular formula is C24H16FN5O2. The Morgan fingerprint density at radius 1 is 1.03 bits per heavy atom. The molecule has 0 aliphatic carbocycles. The lowest BCUT2D eigenvalue weighted by Crippen LogP contribution is -2.02. The third-order valence-corrected chi connectivity index (χ3v) is 5.16. The number of methoxy groups -OCH3 is 1. The molecule has 0 aliphatic heterocycles. The van der Waals surface area contributed by atoms with Crippen LogP contribution < -0.4 is 9.47 Å². The Bertz CT molecular complexity index is 1510. The van der Waals surface area contributed by atoms with Crippen molar-refractivity contribution in [2.24, 2.45) is 0 Å². The predicted octanol–water partition coefficient (Wildman–Crippen LogP) is 4.54. The Balaban J connectivity index is 1.46. The van der Waals surface area contributed by atoms with Crippen molar-refractivity contribution in [3.63, 3.8) is 0 Å². The Hall–Kier alpha value is -4.51. The highest BCUT2D eigenvalue weighted by molar-refractivity contribution is 5.85. The minimum absolute atomic E-state index is 0.00964. The van der Waals surface area contributed by atoms with E-state index >= 15 is 0 Å². The van der Waals surface area contributed by atoms with Gasteiger partial charge in [-0.25, -0.2) is 4.39 Å². The molecule has 0 bridgehead atoms. The molecule has 5 rings (SSSR count). The van der Waals surface area contributed by atoms with Crippen LogP contribution in [0.25, 0.3) is 27.7 Å². The maximum Gasteiger partial charge on any atom is 0.175 e. The fourth-order valence-corrected chi connectivity index (χ4v) is 3.49. The summed E-state index contributed by atoms with van der Waals surface area (Å²) in [6.45, 7) is 0.178. The van der Waals surface area contributed by atoms with Crippen LogP contribution in [-0.4, -0.2) is 26.7 Å². The summed E-state index contributed by atoms with van der Waals surface area (Å²) in [4.78, 5) is 4.37. The van der Waals surface area contributed by atoms with Crippen LogP contribution in [0.2, 0.25) is 0 Å².